The second kappa shape index (κ2) is 8.15. The van der Waals surface area contributed by atoms with E-state index >= 15 is 0 Å². The summed E-state index contributed by atoms with van der Waals surface area (Å²) in [4.78, 5) is 14.2. The largest absolute Gasteiger partial charge is 0.326 e. The van der Waals surface area contributed by atoms with Gasteiger partial charge in [0.2, 0.25) is 5.91 Å². The molecule has 1 amide bonds. The van der Waals surface area contributed by atoms with E-state index in [-0.39, 0.29) is 11.4 Å². The zero-order valence-corrected chi connectivity index (χ0v) is 13.8. The van der Waals surface area contributed by atoms with Crippen LogP contribution >= 0.6 is 0 Å². The van der Waals surface area contributed by atoms with Gasteiger partial charge in [-0.3, -0.25) is 4.79 Å². The molecule has 1 aromatic rings. The topological polar surface area (TPSA) is 58.4 Å². The van der Waals surface area contributed by atoms with Gasteiger partial charge < -0.3 is 16.0 Å². The molecule has 0 fully saturated rings. The summed E-state index contributed by atoms with van der Waals surface area (Å²) in [5.41, 5.74) is 7.64. The van der Waals surface area contributed by atoms with Crippen molar-refractivity contribution in [1.29, 1.82) is 0 Å². The van der Waals surface area contributed by atoms with Crippen molar-refractivity contribution in [3.8, 4) is 0 Å². The zero-order valence-electron chi connectivity index (χ0n) is 13.8. The number of benzene rings is 1. The molecule has 3 N–H and O–H groups in total. The summed E-state index contributed by atoms with van der Waals surface area (Å²) < 4.78 is 0. The minimum absolute atomic E-state index is 0.0678. The number of hydrogen-bond acceptors (Lipinski definition) is 3. The van der Waals surface area contributed by atoms with Gasteiger partial charge in [0.05, 0.1) is 0 Å². The molecule has 21 heavy (non-hydrogen) atoms. The van der Waals surface area contributed by atoms with Gasteiger partial charge in [0.25, 0.3) is 0 Å². The van der Waals surface area contributed by atoms with Crippen molar-refractivity contribution in [3.05, 3.63) is 29.8 Å². The highest BCUT2D eigenvalue weighted by atomic mass is 16.1. The van der Waals surface area contributed by atoms with Gasteiger partial charge in [-0.25, -0.2) is 0 Å². The molecule has 0 atom stereocenters. The Kier molecular flexibility index (Phi) is 6.85. The Morgan fingerprint density at radius 3 is 2.43 bits per heavy atom. The van der Waals surface area contributed by atoms with Gasteiger partial charge >= 0.3 is 0 Å². The molecule has 0 unspecified atom stereocenters. The quantitative estimate of drug-likeness (QED) is 0.774. The second-order valence-corrected chi connectivity index (χ2v) is 6.14. The van der Waals surface area contributed by atoms with E-state index in [0.717, 1.165) is 30.6 Å². The monoisotopic (exact) mass is 291 g/mol. The van der Waals surface area contributed by atoms with Crippen LogP contribution < -0.4 is 11.1 Å². The van der Waals surface area contributed by atoms with Crippen molar-refractivity contribution in [3.63, 3.8) is 0 Å². The number of nitrogens with zero attached hydrogens (tertiary/aromatic N) is 1. The van der Waals surface area contributed by atoms with Crippen LogP contribution in [-0.2, 0) is 11.3 Å². The Labute approximate surface area is 128 Å². The first-order valence-electron chi connectivity index (χ1n) is 7.69. The highest BCUT2D eigenvalue weighted by Gasteiger charge is 2.20. The van der Waals surface area contributed by atoms with Crippen molar-refractivity contribution < 1.29 is 4.79 Å². The molecule has 0 spiro atoms. The Hall–Kier alpha value is -1.39. The second-order valence-electron chi connectivity index (χ2n) is 6.14. The molecule has 4 heteroatoms. The van der Waals surface area contributed by atoms with Gasteiger partial charge in [-0.1, -0.05) is 19.1 Å². The number of anilines is 1. The normalized spacial score (nSPS) is 11.7. The van der Waals surface area contributed by atoms with Gasteiger partial charge in [0.15, 0.2) is 0 Å². The first-order chi connectivity index (χ1) is 9.89. The van der Waals surface area contributed by atoms with Crippen molar-refractivity contribution >= 4 is 11.6 Å². The number of amides is 1. The summed E-state index contributed by atoms with van der Waals surface area (Å²) in [6.45, 7) is 8.10. The van der Waals surface area contributed by atoms with Crippen molar-refractivity contribution in [2.45, 2.75) is 52.1 Å². The molecule has 0 aliphatic rings. The van der Waals surface area contributed by atoms with Crippen molar-refractivity contribution in [1.82, 2.24) is 4.90 Å². The summed E-state index contributed by atoms with van der Waals surface area (Å²) >= 11 is 0. The Balaban J connectivity index is 2.34. The van der Waals surface area contributed by atoms with Crippen LogP contribution in [0.25, 0.3) is 0 Å². The molecule has 0 aromatic heterocycles. The van der Waals surface area contributed by atoms with Crippen LogP contribution in [-0.4, -0.2) is 29.9 Å². The Morgan fingerprint density at radius 1 is 1.29 bits per heavy atom. The van der Waals surface area contributed by atoms with Crippen LogP contribution in [0.15, 0.2) is 24.3 Å². The summed E-state index contributed by atoms with van der Waals surface area (Å²) in [7, 11) is 2.12. The summed E-state index contributed by atoms with van der Waals surface area (Å²) in [6, 6.07) is 7.67. The van der Waals surface area contributed by atoms with E-state index < -0.39 is 0 Å². The lowest BCUT2D eigenvalue weighted by molar-refractivity contribution is -0.116. The third kappa shape index (κ3) is 5.86. The molecule has 1 aromatic carbocycles. The van der Waals surface area contributed by atoms with E-state index in [2.05, 4.69) is 38.0 Å². The molecular formula is C17H29N3O. The average Bonchev–Trinajstić information content (AvgIpc) is 2.47. The van der Waals surface area contributed by atoms with Gasteiger partial charge in [0, 0.05) is 24.2 Å². The average molecular weight is 291 g/mol. The van der Waals surface area contributed by atoms with Gasteiger partial charge in [-0.05, 0) is 58.0 Å². The zero-order chi connectivity index (χ0) is 15.9. The van der Waals surface area contributed by atoms with Gasteiger partial charge in [-0.15, -0.1) is 0 Å². The number of nitrogens with two attached hydrogens (primary N) is 1. The fraction of sp³-hybridized carbons (Fsp3) is 0.588. The summed E-state index contributed by atoms with van der Waals surface area (Å²) in [5, 5.41) is 2.92. The number of nitrogens with one attached hydrogen (secondary N) is 1. The van der Waals surface area contributed by atoms with Crippen molar-refractivity contribution in [2.75, 3.05) is 18.9 Å². The van der Waals surface area contributed by atoms with Crippen LogP contribution in [0.5, 0.6) is 0 Å². The van der Waals surface area contributed by atoms with Gasteiger partial charge in [0.1, 0.15) is 0 Å². The third-order valence-electron chi connectivity index (χ3n) is 4.27. The minimum atomic E-state index is 0.0678. The molecule has 0 radical (unpaired) electrons. The van der Waals surface area contributed by atoms with E-state index in [0.29, 0.717) is 13.0 Å². The van der Waals surface area contributed by atoms with Crippen LogP contribution in [0.4, 0.5) is 5.69 Å². The van der Waals surface area contributed by atoms with E-state index in [1.54, 1.807) is 0 Å². The van der Waals surface area contributed by atoms with Crippen LogP contribution in [0.1, 0.15) is 45.6 Å². The summed E-state index contributed by atoms with van der Waals surface area (Å²) in [5.74, 6) is 0.0678. The highest BCUT2D eigenvalue weighted by Crippen LogP contribution is 2.17. The molecule has 118 valence electrons. The predicted octanol–water partition coefficient (Wildman–Crippen LogP) is 2.98. The van der Waals surface area contributed by atoms with Gasteiger partial charge in [-0.2, -0.15) is 0 Å². The van der Waals surface area contributed by atoms with Crippen LogP contribution in [0, 0.1) is 0 Å². The fourth-order valence-corrected chi connectivity index (χ4v) is 2.00. The SMILES string of the molecule is CCC(C)(C)N(C)CCCC(=O)Nc1ccc(CN)cc1. The molecule has 0 heterocycles. The molecule has 0 bridgehead atoms. The molecule has 0 saturated heterocycles. The van der Waals surface area contributed by atoms with E-state index in [4.69, 9.17) is 5.73 Å². The molecule has 4 nitrogen and oxygen atoms in total. The maximum absolute atomic E-state index is 11.9. The molecular weight excluding hydrogens is 262 g/mol. The smallest absolute Gasteiger partial charge is 0.224 e. The maximum Gasteiger partial charge on any atom is 0.224 e. The number of rotatable bonds is 8. The van der Waals surface area contributed by atoms with E-state index in [9.17, 15) is 4.79 Å². The lowest BCUT2D eigenvalue weighted by atomic mass is 10.00. The standard InChI is InChI=1S/C17H29N3O/c1-5-17(2,3)20(4)12-6-7-16(21)19-15-10-8-14(13-18)9-11-15/h8-11H,5-7,12-13,18H2,1-4H3,(H,19,21). The molecule has 0 aliphatic carbocycles. The number of carbonyl (C=O) groups excluding carboxylic acids is 1. The van der Waals surface area contributed by atoms with Crippen LogP contribution in [0.2, 0.25) is 0 Å². The Bertz CT molecular complexity index is 440. The minimum Gasteiger partial charge on any atom is -0.326 e. The van der Waals surface area contributed by atoms with E-state index in [1.165, 1.54) is 0 Å². The van der Waals surface area contributed by atoms with Crippen molar-refractivity contribution in [2.24, 2.45) is 5.73 Å². The lowest BCUT2D eigenvalue weighted by Gasteiger charge is -2.34. The highest BCUT2D eigenvalue weighted by molar-refractivity contribution is 5.90. The molecule has 1 rings (SSSR count). The first-order valence-corrected chi connectivity index (χ1v) is 7.69. The predicted molar refractivity (Wildman–Crippen MR) is 89.2 cm³/mol. The lowest BCUT2D eigenvalue weighted by Crippen LogP contribution is -2.41. The molecule has 0 aliphatic heterocycles. The fourth-order valence-electron chi connectivity index (χ4n) is 2.00. The first kappa shape index (κ1) is 17.7. The molecule has 0 saturated carbocycles. The number of carbonyl (C=O) groups is 1. The Morgan fingerprint density at radius 2 is 1.90 bits per heavy atom. The maximum atomic E-state index is 11.9. The van der Waals surface area contributed by atoms with Crippen LogP contribution in [0.3, 0.4) is 0 Å². The number of hydrogen-bond donors (Lipinski definition) is 2. The summed E-state index contributed by atoms with van der Waals surface area (Å²) in [6.07, 6.45) is 2.51. The third-order valence-corrected chi connectivity index (χ3v) is 4.27. The van der Waals surface area contributed by atoms with E-state index in [1.807, 2.05) is 24.3 Å².